The van der Waals surface area contributed by atoms with Crippen molar-refractivity contribution in [2.45, 2.75) is 38.0 Å². The van der Waals surface area contributed by atoms with Crippen molar-refractivity contribution in [2.24, 2.45) is 5.92 Å². The van der Waals surface area contributed by atoms with E-state index in [1.54, 1.807) is 23.1 Å². The number of anilines is 1. The summed E-state index contributed by atoms with van der Waals surface area (Å²) in [5.41, 5.74) is 3.87. The Morgan fingerprint density at radius 3 is 2.72 bits per heavy atom. The van der Waals surface area contributed by atoms with E-state index in [9.17, 15) is 13.2 Å². The number of ether oxygens (including phenoxy) is 1. The lowest BCUT2D eigenvalue weighted by Crippen LogP contribution is -2.30. The molecule has 1 amide bonds. The second kappa shape index (κ2) is 7.80. The number of nitrogens with zero attached hydrogens (tertiary/aromatic N) is 1. The van der Waals surface area contributed by atoms with Gasteiger partial charge in [0.1, 0.15) is 12.4 Å². The summed E-state index contributed by atoms with van der Waals surface area (Å²) in [5, 5.41) is 0. The Labute approximate surface area is 171 Å². The maximum atomic E-state index is 12.7. The normalized spacial score (nSPS) is 16.0. The minimum absolute atomic E-state index is 0.156. The molecule has 2 aliphatic rings. The van der Waals surface area contributed by atoms with Crippen LogP contribution in [0.25, 0.3) is 0 Å². The molecule has 1 aliphatic carbocycles. The smallest absolute Gasteiger partial charge is 0.240 e. The van der Waals surface area contributed by atoms with Crippen LogP contribution < -0.4 is 14.4 Å². The fourth-order valence-electron chi connectivity index (χ4n) is 3.61. The highest BCUT2D eigenvalue weighted by molar-refractivity contribution is 7.89. The van der Waals surface area contributed by atoms with Gasteiger partial charge < -0.3 is 9.64 Å². The third-order valence-electron chi connectivity index (χ3n) is 5.44. The highest BCUT2D eigenvalue weighted by Gasteiger charge is 2.36. The lowest BCUT2D eigenvalue weighted by Gasteiger charge is -2.17. The summed E-state index contributed by atoms with van der Waals surface area (Å²) in [6.45, 7) is 5.01. The van der Waals surface area contributed by atoms with Crippen LogP contribution in [0.5, 0.6) is 5.75 Å². The summed E-state index contributed by atoms with van der Waals surface area (Å²) in [6, 6.07) is 11.0. The Balaban J connectivity index is 1.38. The van der Waals surface area contributed by atoms with Crippen molar-refractivity contribution in [2.75, 3.05) is 24.6 Å². The van der Waals surface area contributed by atoms with Crippen molar-refractivity contribution >= 4 is 21.6 Å². The number of carbonyl (C=O) groups excluding carboxylic acids is 1. The van der Waals surface area contributed by atoms with Gasteiger partial charge in [0, 0.05) is 24.7 Å². The van der Waals surface area contributed by atoms with Gasteiger partial charge in [-0.2, -0.15) is 0 Å². The Bertz CT molecular complexity index is 1040. The molecule has 0 atom stereocenters. The van der Waals surface area contributed by atoms with Crippen LogP contribution in [0.3, 0.4) is 0 Å². The standard InChI is InChI=1S/C22H26N2O4S/c1-15-3-4-16(2)21(13-15)28-12-10-23-29(26,27)19-7-8-20-18(14-19)9-11-24(20)22(25)17-5-6-17/h3-4,7-8,13-14,17,23H,5-6,9-12H2,1-2H3. The summed E-state index contributed by atoms with van der Waals surface area (Å²) in [7, 11) is -3.63. The largest absolute Gasteiger partial charge is 0.492 e. The molecule has 1 aliphatic heterocycles. The summed E-state index contributed by atoms with van der Waals surface area (Å²) in [4.78, 5) is 14.4. The molecule has 0 aromatic heterocycles. The molecule has 2 aromatic carbocycles. The third-order valence-corrected chi connectivity index (χ3v) is 6.90. The van der Waals surface area contributed by atoms with Gasteiger partial charge in [-0.1, -0.05) is 12.1 Å². The minimum Gasteiger partial charge on any atom is -0.492 e. The maximum absolute atomic E-state index is 12.7. The summed E-state index contributed by atoms with van der Waals surface area (Å²) >= 11 is 0. The molecule has 1 saturated carbocycles. The van der Waals surface area contributed by atoms with Crippen molar-refractivity contribution < 1.29 is 17.9 Å². The van der Waals surface area contributed by atoms with Crippen molar-refractivity contribution in [3.63, 3.8) is 0 Å². The lowest BCUT2D eigenvalue weighted by atomic mass is 10.1. The fraction of sp³-hybridized carbons (Fsp3) is 0.409. The molecule has 0 unspecified atom stereocenters. The van der Waals surface area contributed by atoms with E-state index in [2.05, 4.69) is 4.72 Å². The Kier molecular flexibility index (Phi) is 5.36. The van der Waals surface area contributed by atoms with Crippen molar-refractivity contribution in [1.82, 2.24) is 4.72 Å². The van der Waals surface area contributed by atoms with Crippen LogP contribution >= 0.6 is 0 Å². The molecule has 2 aromatic rings. The van der Waals surface area contributed by atoms with Gasteiger partial charge >= 0.3 is 0 Å². The molecule has 1 heterocycles. The Hall–Kier alpha value is -2.38. The third kappa shape index (κ3) is 4.31. The Morgan fingerprint density at radius 2 is 1.97 bits per heavy atom. The second-order valence-corrected chi connectivity index (χ2v) is 9.59. The van der Waals surface area contributed by atoms with Crippen LogP contribution in [0, 0.1) is 19.8 Å². The molecule has 0 spiro atoms. The van der Waals surface area contributed by atoms with Crippen molar-refractivity contribution in [1.29, 1.82) is 0 Å². The number of carbonyl (C=O) groups is 1. The summed E-state index contributed by atoms with van der Waals surface area (Å²) < 4.78 is 33.6. The molecule has 1 N–H and O–H groups in total. The van der Waals surface area contributed by atoms with Crippen LogP contribution in [-0.4, -0.2) is 34.0 Å². The second-order valence-electron chi connectivity index (χ2n) is 7.82. The van der Waals surface area contributed by atoms with E-state index >= 15 is 0 Å². The lowest BCUT2D eigenvalue weighted by molar-refractivity contribution is -0.119. The number of rotatable bonds is 7. The maximum Gasteiger partial charge on any atom is 0.240 e. The van der Waals surface area contributed by atoms with E-state index in [1.807, 2.05) is 32.0 Å². The molecule has 1 fully saturated rings. The fourth-order valence-corrected chi connectivity index (χ4v) is 4.67. The first-order valence-electron chi connectivity index (χ1n) is 9.99. The molecular formula is C22H26N2O4S. The van der Waals surface area contributed by atoms with Gasteiger partial charge in [-0.15, -0.1) is 0 Å². The molecule has 29 heavy (non-hydrogen) atoms. The van der Waals surface area contributed by atoms with E-state index in [4.69, 9.17) is 4.74 Å². The van der Waals surface area contributed by atoms with Gasteiger partial charge in [-0.3, -0.25) is 4.79 Å². The predicted molar refractivity (Wildman–Crippen MR) is 112 cm³/mol. The Morgan fingerprint density at radius 1 is 1.17 bits per heavy atom. The summed E-state index contributed by atoms with van der Waals surface area (Å²) in [6.07, 6.45) is 2.61. The monoisotopic (exact) mass is 414 g/mol. The average Bonchev–Trinajstić information content (AvgIpc) is 3.46. The number of hydrogen-bond acceptors (Lipinski definition) is 4. The molecule has 0 radical (unpaired) electrons. The zero-order valence-electron chi connectivity index (χ0n) is 16.8. The number of amides is 1. The average molecular weight is 415 g/mol. The molecule has 6 nitrogen and oxygen atoms in total. The molecule has 154 valence electrons. The highest BCUT2D eigenvalue weighted by Crippen LogP contribution is 2.37. The molecule has 0 bridgehead atoms. The van der Waals surface area contributed by atoms with Crippen LogP contribution in [0.2, 0.25) is 0 Å². The van der Waals surface area contributed by atoms with Crippen LogP contribution in [0.15, 0.2) is 41.3 Å². The first-order chi connectivity index (χ1) is 13.8. The topological polar surface area (TPSA) is 75.7 Å². The molecule has 7 heteroatoms. The molecule has 4 rings (SSSR count). The first-order valence-corrected chi connectivity index (χ1v) is 11.5. The van der Waals surface area contributed by atoms with Crippen LogP contribution in [0.1, 0.15) is 29.5 Å². The van der Waals surface area contributed by atoms with Crippen LogP contribution in [0.4, 0.5) is 5.69 Å². The number of sulfonamides is 1. The number of aryl methyl sites for hydroxylation is 2. The van der Waals surface area contributed by atoms with Gasteiger partial charge in [-0.25, -0.2) is 13.1 Å². The van der Waals surface area contributed by atoms with Gasteiger partial charge in [0.2, 0.25) is 15.9 Å². The molecule has 0 saturated heterocycles. The molecular weight excluding hydrogens is 388 g/mol. The van der Waals surface area contributed by atoms with Crippen LogP contribution in [-0.2, 0) is 21.2 Å². The predicted octanol–water partition coefficient (Wildman–Crippen LogP) is 2.96. The highest BCUT2D eigenvalue weighted by atomic mass is 32.2. The van der Waals surface area contributed by atoms with Gasteiger partial charge in [0.05, 0.1) is 4.90 Å². The zero-order chi connectivity index (χ0) is 20.6. The van der Waals surface area contributed by atoms with E-state index in [1.165, 1.54) is 0 Å². The van der Waals surface area contributed by atoms with Crippen molar-refractivity contribution in [3.05, 3.63) is 53.1 Å². The summed E-state index contributed by atoms with van der Waals surface area (Å²) in [5.74, 6) is 1.09. The number of hydrogen-bond donors (Lipinski definition) is 1. The zero-order valence-corrected chi connectivity index (χ0v) is 17.6. The minimum atomic E-state index is -3.63. The van der Waals surface area contributed by atoms with Crippen molar-refractivity contribution in [3.8, 4) is 5.75 Å². The van der Waals surface area contributed by atoms with E-state index in [-0.39, 0.29) is 29.9 Å². The van der Waals surface area contributed by atoms with E-state index < -0.39 is 10.0 Å². The SMILES string of the molecule is Cc1ccc(C)c(OCCNS(=O)(=O)c2ccc3c(c2)CCN3C(=O)C2CC2)c1. The number of benzene rings is 2. The quantitative estimate of drug-likeness (QED) is 0.707. The first kappa shape index (κ1) is 19.9. The van der Waals surface area contributed by atoms with Gasteiger partial charge in [-0.05, 0) is 74.1 Å². The van der Waals surface area contributed by atoms with Gasteiger partial charge in [0.15, 0.2) is 0 Å². The van der Waals surface area contributed by atoms with Gasteiger partial charge in [0.25, 0.3) is 0 Å². The number of nitrogens with one attached hydrogen (secondary N) is 1. The van der Waals surface area contributed by atoms with E-state index in [0.717, 1.165) is 41.0 Å². The number of fused-ring (bicyclic) bond motifs is 1. The van der Waals surface area contributed by atoms with E-state index in [0.29, 0.717) is 13.0 Å².